The Balaban J connectivity index is -0.000000275. The van der Waals surface area contributed by atoms with Crippen LogP contribution in [0.15, 0.2) is 0 Å². The van der Waals surface area contributed by atoms with Crippen LogP contribution in [0.3, 0.4) is 0 Å². The van der Waals surface area contributed by atoms with Gasteiger partial charge in [-0.1, -0.05) is 155 Å². The molecule has 1 aliphatic rings. The van der Waals surface area contributed by atoms with Crippen LogP contribution < -0.4 is 5.32 Å². The molecule has 1 aliphatic heterocycles. The smallest absolute Gasteiger partial charge is 0.234 e. The Morgan fingerprint density at radius 1 is 0.579 bits per heavy atom. The lowest BCUT2D eigenvalue weighted by Crippen LogP contribution is -2.36. The maximum absolute atomic E-state index is 11.8. The SMILES string of the molecule is C.C.C.C.C.C.C.CCCCCCCCCCCCCCCCCCOCCCNC(=O)CN1CCCC1. The molecule has 0 aromatic carbocycles. The fraction of sp³-hybridized carbons (Fsp3) is 0.971. The first kappa shape index (κ1) is 53.6. The lowest BCUT2D eigenvalue weighted by atomic mass is 10.0. The van der Waals surface area contributed by atoms with Gasteiger partial charge in [-0.05, 0) is 38.8 Å². The molecule has 1 fully saturated rings. The molecule has 38 heavy (non-hydrogen) atoms. The second-order valence-electron chi connectivity index (χ2n) is 9.60. The van der Waals surface area contributed by atoms with E-state index in [1.807, 2.05) is 0 Å². The normalized spacial score (nSPS) is 11.7. The van der Waals surface area contributed by atoms with Gasteiger partial charge in [0.15, 0.2) is 0 Å². The number of carbonyl (C=O) groups is 1. The summed E-state index contributed by atoms with van der Waals surface area (Å²) >= 11 is 0. The molecule has 0 aromatic heterocycles. The molecule has 0 unspecified atom stereocenters. The van der Waals surface area contributed by atoms with E-state index in [1.165, 1.54) is 116 Å². The fourth-order valence-corrected chi connectivity index (χ4v) is 4.46. The summed E-state index contributed by atoms with van der Waals surface area (Å²) in [4.78, 5) is 14.0. The molecule has 0 bridgehead atoms. The summed E-state index contributed by atoms with van der Waals surface area (Å²) in [6.45, 7) is 7.40. The predicted octanol–water partition coefficient (Wildman–Crippen LogP) is 11.3. The van der Waals surface area contributed by atoms with Gasteiger partial charge in [0.1, 0.15) is 0 Å². The molecule has 0 atom stereocenters. The summed E-state index contributed by atoms with van der Waals surface area (Å²) in [5.41, 5.74) is 0. The van der Waals surface area contributed by atoms with Gasteiger partial charge in [0, 0.05) is 19.8 Å². The monoisotopic (exact) mass is 551 g/mol. The average Bonchev–Trinajstić information content (AvgIpc) is 3.27. The summed E-state index contributed by atoms with van der Waals surface area (Å²) in [5.74, 6) is 0.166. The molecule has 240 valence electrons. The second kappa shape index (κ2) is 43.4. The van der Waals surface area contributed by atoms with Crippen LogP contribution in [0, 0.1) is 0 Å². The number of amides is 1. The summed E-state index contributed by atoms with van der Waals surface area (Å²) in [5, 5.41) is 3.01. The first-order valence-electron chi connectivity index (χ1n) is 13.9. The molecule has 0 aromatic rings. The third kappa shape index (κ3) is 37.5. The molecule has 1 amide bonds. The largest absolute Gasteiger partial charge is 0.381 e. The summed E-state index contributed by atoms with van der Waals surface area (Å²) in [6.07, 6.45) is 25.8. The number of hydrogen-bond donors (Lipinski definition) is 1. The molecule has 1 heterocycles. The fourth-order valence-electron chi connectivity index (χ4n) is 4.46. The van der Waals surface area contributed by atoms with Crippen LogP contribution in [0.2, 0.25) is 0 Å². The van der Waals surface area contributed by atoms with E-state index in [-0.39, 0.29) is 57.9 Å². The third-order valence-corrected chi connectivity index (χ3v) is 6.50. The Bertz CT molecular complexity index is 385. The number of likely N-dealkylation sites (tertiary alicyclic amines) is 1. The Morgan fingerprint density at radius 3 is 1.37 bits per heavy atom. The Kier molecular flexibility index (Phi) is 61.3. The van der Waals surface area contributed by atoms with Gasteiger partial charge < -0.3 is 10.1 Å². The first-order chi connectivity index (χ1) is 15.3. The van der Waals surface area contributed by atoms with Gasteiger partial charge in [0.05, 0.1) is 6.54 Å². The van der Waals surface area contributed by atoms with Crippen molar-refractivity contribution in [2.45, 2.75) is 181 Å². The van der Waals surface area contributed by atoms with E-state index in [1.54, 1.807) is 0 Å². The van der Waals surface area contributed by atoms with Crippen molar-refractivity contribution < 1.29 is 9.53 Å². The Morgan fingerprint density at radius 2 is 0.947 bits per heavy atom. The average molecular weight is 551 g/mol. The van der Waals surface area contributed by atoms with Gasteiger partial charge >= 0.3 is 0 Å². The topological polar surface area (TPSA) is 41.6 Å². The number of nitrogens with one attached hydrogen (secondary N) is 1. The highest BCUT2D eigenvalue weighted by molar-refractivity contribution is 5.77. The number of carbonyl (C=O) groups excluding carboxylic acids is 1. The van der Waals surface area contributed by atoms with E-state index in [4.69, 9.17) is 4.74 Å². The van der Waals surface area contributed by atoms with Crippen molar-refractivity contribution in [2.24, 2.45) is 0 Å². The van der Waals surface area contributed by atoms with Crippen LogP contribution in [0.5, 0.6) is 0 Å². The van der Waals surface area contributed by atoms with Gasteiger partial charge in [-0.3, -0.25) is 9.69 Å². The van der Waals surface area contributed by atoms with Crippen molar-refractivity contribution in [2.75, 3.05) is 39.4 Å². The molecule has 1 N–H and O–H groups in total. The van der Waals surface area contributed by atoms with Gasteiger partial charge in [-0.15, -0.1) is 0 Å². The van der Waals surface area contributed by atoms with Gasteiger partial charge in [0.2, 0.25) is 5.91 Å². The van der Waals surface area contributed by atoms with Crippen molar-refractivity contribution in [3.05, 3.63) is 0 Å². The standard InChI is InChI=1S/C27H54N2O2.7CH4/c1-2-3-4-5-6-7-8-9-10-11-12-13-14-15-16-19-24-31-25-20-21-28-27(30)26-29-22-17-18-23-29;;;;;;;/h2-26H2,1H3,(H,28,30);7*1H4. The van der Waals surface area contributed by atoms with Crippen LogP contribution in [-0.4, -0.2) is 50.2 Å². The van der Waals surface area contributed by atoms with E-state index in [0.29, 0.717) is 6.54 Å². The number of nitrogens with zero attached hydrogens (tertiary/aromatic N) is 1. The quantitative estimate of drug-likeness (QED) is 0.129. The van der Waals surface area contributed by atoms with Crippen molar-refractivity contribution >= 4 is 5.91 Å². The lowest BCUT2D eigenvalue weighted by Gasteiger charge is -2.14. The zero-order valence-electron chi connectivity index (χ0n) is 20.9. The van der Waals surface area contributed by atoms with Crippen molar-refractivity contribution in [1.82, 2.24) is 10.2 Å². The van der Waals surface area contributed by atoms with Gasteiger partial charge in [-0.25, -0.2) is 0 Å². The number of ether oxygens (including phenoxy) is 1. The number of rotatable bonds is 23. The maximum Gasteiger partial charge on any atom is 0.234 e. The van der Waals surface area contributed by atoms with Crippen LogP contribution in [0.1, 0.15) is 181 Å². The van der Waals surface area contributed by atoms with Crippen LogP contribution >= 0.6 is 0 Å². The Hall–Kier alpha value is -0.610. The molecular formula is C34H82N2O2. The highest BCUT2D eigenvalue weighted by Gasteiger charge is 2.14. The first-order valence-corrected chi connectivity index (χ1v) is 13.9. The van der Waals surface area contributed by atoms with E-state index >= 15 is 0 Å². The lowest BCUT2D eigenvalue weighted by molar-refractivity contribution is -0.122. The second-order valence-corrected chi connectivity index (χ2v) is 9.60. The molecule has 4 nitrogen and oxygen atoms in total. The van der Waals surface area contributed by atoms with Gasteiger partial charge in [0.25, 0.3) is 0 Å². The van der Waals surface area contributed by atoms with E-state index in [9.17, 15) is 4.79 Å². The minimum atomic E-state index is 0. The molecule has 0 radical (unpaired) electrons. The Labute approximate surface area is 245 Å². The van der Waals surface area contributed by atoms with E-state index in [2.05, 4.69) is 17.1 Å². The summed E-state index contributed by atoms with van der Waals surface area (Å²) in [7, 11) is 0. The van der Waals surface area contributed by atoms with E-state index in [0.717, 1.165) is 39.3 Å². The summed E-state index contributed by atoms with van der Waals surface area (Å²) in [6, 6.07) is 0. The highest BCUT2D eigenvalue weighted by Crippen LogP contribution is 2.13. The third-order valence-electron chi connectivity index (χ3n) is 6.50. The van der Waals surface area contributed by atoms with Crippen molar-refractivity contribution in [1.29, 1.82) is 0 Å². The molecule has 0 spiro atoms. The van der Waals surface area contributed by atoms with E-state index < -0.39 is 0 Å². The molecule has 0 aliphatic carbocycles. The zero-order chi connectivity index (χ0) is 22.2. The van der Waals surface area contributed by atoms with Crippen molar-refractivity contribution in [3.8, 4) is 0 Å². The van der Waals surface area contributed by atoms with Crippen LogP contribution in [0.4, 0.5) is 0 Å². The molecular weight excluding hydrogens is 468 g/mol. The highest BCUT2D eigenvalue weighted by atomic mass is 16.5. The molecule has 1 rings (SSSR count). The molecule has 4 heteroatoms. The zero-order valence-corrected chi connectivity index (χ0v) is 20.9. The predicted molar refractivity (Wildman–Crippen MR) is 181 cm³/mol. The minimum Gasteiger partial charge on any atom is -0.381 e. The van der Waals surface area contributed by atoms with Gasteiger partial charge in [-0.2, -0.15) is 0 Å². The summed E-state index contributed by atoms with van der Waals surface area (Å²) < 4.78 is 5.71. The van der Waals surface area contributed by atoms with Crippen molar-refractivity contribution in [3.63, 3.8) is 0 Å². The minimum absolute atomic E-state index is 0. The number of unbranched alkanes of at least 4 members (excludes halogenated alkanes) is 15. The van der Waals surface area contributed by atoms with Crippen LogP contribution in [0.25, 0.3) is 0 Å². The molecule has 1 saturated heterocycles. The number of hydrogen-bond acceptors (Lipinski definition) is 3. The molecule has 0 saturated carbocycles. The van der Waals surface area contributed by atoms with Crippen LogP contribution in [-0.2, 0) is 9.53 Å². The maximum atomic E-state index is 11.8.